The first-order valence-electron chi connectivity index (χ1n) is 8.85. The SMILES string of the molecule is Cc1ccc(F)c(C2(C)N=C(NC(=O)OC(C)(C)C)SC3=C2CCC3)c1. The van der Waals surface area contributed by atoms with Gasteiger partial charge in [-0.3, -0.25) is 5.32 Å². The number of aliphatic imine (C=N–C) groups is 1. The number of nitrogens with one attached hydrogen (secondary N) is 1. The van der Waals surface area contributed by atoms with Crippen LogP contribution in [0.3, 0.4) is 0 Å². The van der Waals surface area contributed by atoms with Crippen LogP contribution >= 0.6 is 11.8 Å². The van der Waals surface area contributed by atoms with E-state index in [1.807, 2.05) is 40.7 Å². The van der Waals surface area contributed by atoms with Crippen molar-refractivity contribution in [2.45, 2.75) is 65.0 Å². The molecule has 0 radical (unpaired) electrons. The topological polar surface area (TPSA) is 50.7 Å². The van der Waals surface area contributed by atoms with Gasteiger partial charge in [-0.25, -0.2) is 14.2 Å². The third-order valence-electron chi connectivity index (χ3n) is 4.55. The normalized spacial score (nSPS) is 22.8. The second-order valence-corrected chi connectivity index (χ2v) is 9.04. The zero-order valence-corrected chi connectivity index (χ0v) is 16.7. The Labute approximate surface area is 158 Å². The number of thioether (sulfide) groups is 1. The Bertz CT molecular complexity index is 811. The average Bonchev–Trinajstić information content (AvgIpc) is 2.97. The first-order valence-corrected chi connectivity index (χ1v) is 9.67. The molecule has 1 unspecified atom stereocenters. The van der Waals surface area contributed by atoms with E-state index in [1.165, 1.54) is 22.7 Å². The fraction of sp³-hybridized carbons (Fsp3) is 0.500. The van der Waals surface area contributed by atoms with Gasteiger partial charge in [0, 0.05) is 5.56 Å². The molecule has 1 N–H and O–H groups in total. The number of amidine groups is 1. The molecule has 0 saturated carbocycles. The molecule has 6 heteroatoms. The minimum atomic E-state index is -0.808. The maximum Gasteiger partial charge on any atom is 0.413 e. The summed E-state index contributed by atoms with van der Waals surface area (Å²) in [6.45, 7) is 9.31. The zero-order valence-electron chi connectivity index (χ0n) is 15.9. The number of aryl methyl sites for hydroxylation is 1. The first kappa shape index (κ1) is 19.0. The van der Waals surface area contributed by atoms with Gasteiger partial charge in [-0.15, -0.1) is 0 Å². The number of benzene rings is 1. The van der Waals surface area contributed by atoms with Gasteiger partial charge in [0.05, 0.1) is 0 Å². The lowest BCUT2D eigenvalue weighted by Gasteiger charge is -2.34. The van der Waals surface area contributed by atoms with Crippen molar-refractivity contribution in [1.82, 2.24) is 5.32 Å². The number of carbonyl (C=O) groups is 1. The van der Waals surface area contributed by atoms with Gasteiger partial charge in [0.1, 0.15) is 17.0 Å². The quantitative estimate of drug-likeness (QED) is 0.712. The van der Waals surface area contributed by atoms with Crippen molar-refractivity contribution < 1.29 is 13.9 Å². The summed E-state index contributed by atoms with van der Waals surface area (Å²) in [5.41, 5.74) is 1.29. The Kier molecular flexibility index (Phi) is 4.90. The first-order chi connectivity index (χ1) is 12.1. The summed E-state index contributed by atoms with van der Waals surface area (Å²) in [6, 6.07) is 5.10. The van der Waals surface area contributed by atoms with E-state index in [0.717, 1.165) is 30.4 Å². The molecule has 140 valence electrons. The van der Waals surface area contributed by atoms with E-state index < -0.39 is 17.2 Å². The molecule has 0 fully saturated rings. The van der Waals surface area contributed by atoms with Crippen molar-refractivity contribution in [2.24, 2.45) is 4.99 Å². The maximum absolute atomic E-state index is 14.7. The average molecular weight is 376 g/mol. The van der Waals surface area contributed by atoms with Crippen LogP contribution in [0.5, 0.6) is 0 Å². The number of ether oxygens (including phenoxy) is 1. The Morgan fingerprint density at radius 3 is 2.77 bits per heavy atom. The van der Waals surface area contributed by atoms with E-state index in [0.29, 0.717) is 10.7 Å². The molecule has 1 aliphatic carbocycles. The number of halogens is 1. The third kappa shape index (κ3) is 3.80. The van der Waals surface area contributed by atoms with Crippen LogP contribution in [-0.2, 0) is 10.3 Å². The molecule has 1 amide bonds. The Hall–Kier alpha value is -1.82. The fourth-order valence-corrected chi connectivity index (χ4v) is 4.70. The Balaban J connectivity index is 1.98. The Morgan fingerprint density at radius 1 is 1.35 bits per heavy atom. The lowest BCUT2D eigenvalue weighted by molar-refractivity contribution is 0.0564. The molecule has 1 atom stereocenters. The number of alkyl carbamates (subject to hydrolysis) is 1. The van der Waals surface area contributed by atoms with E-state index >= 15 is 0 Å². The van der Waals surface area contributed by atoms with Crippen LogP contribution in [-0.4, -0.2) is 16.9 Å². The van der Waals surface area contributed by atoms with Gasteiger partial charge in [-0.2, -0.15) is 0 Å². The molecule has 26 heavy (non-hydrogen) atoms. The van der Waals surface area contributed by atoms with Crippen LogP contribution in [0.15, 0.2) is 33.7 Å². The minimum Gasteiger partial charge on any atom is -0.444 e. The summed E-state index contributed by atoms with van der Waals surface area (Å²) in [5, 5.41) is 3.20. The van der Waals surface area contributed by atoms with Crippen molar-refractivity contribution >= 4 is 23.0 Å². The molecule has 4 nitrogen and oxygen atoms in total. The van der Waals surface area contributed by atoms with Crippen LogP contribution in [0.25, 0.3) is 0 Å². The van der Waals surface area contributed by atoms with Crippen molar-refractivity contribution in [3.63, 3.8) is 0 Å². The highest BCUT2D eigenvalue weighted by molar-refractivity contribution is 8.17. The summed E-state index contributed by atoms with van der Waals surface area (Å²) >= 11 is 1.46. The number of carbonyl (C=O) groups excluding carboxylic acids is 1. The lowest BCUT2D eigenvalue weighted by Crippen LogP contribution is -2.38. The molecular weight excluding hydrogens is 351 g/mol. The number of hydrogen-bond donors (Lipinski definition) is 1. The molecule has 3 rings (SSSR count). The summed E-state index contributed by atoms with van der Waals surface area (Å²) < 4.78 is 20.0. The lowest BCUT2D eigenvalue weighted by atomic mass is 9.83. The second-order valence-electron chi connectivity index (χ2n) is 7.96. The van der Waals surface area contributed by atoms with Crippen molar-refractivity contribution in [2.75, 3.05) is 0 Å². The summed E-state index contributed by atoms with van der Waals surface area (Å²) in [6.07, 6.45) is 2.31. The van der Waals surface area contributed by atoms with Gasteiger partial charge < -0.3 is 4.74 Å². The minimum absolute atomic E-state index is 0.274. The molecule has 0 bridgehead atoms. The third-order valence-corrected chi connectivity index (χ3v) is 5.64. The van der Waals surface area contributed by atoms with E-state index in [9.17, 15) is 9.18 Å². The van der Waals surface area contributed by atoms with Gasteiger partial charge in [0.25, 0.3) is 0 Å². The highest BCUT2D eigenvalue weighted by atomic mass is 32.2. The van der Waals surface area contributed by atoms with Crippen LogP contribution in [0, 0.1) is 12.7 Å². The van der Waals surface area contributed by atoms with E-state index in [4.69, 9.17) is 9.73 Å². The number of nitrogens with zero attached hydrogens (tertiary/aromatic N) is 1. The van der Waals surface area contributed by atoms with Gasteiger partial charge in [0.2, 0.25) is 0 Å². The van der Waals surface area contributed by atoms with E-state index in [-0.39, 0.29) is 5.82 Å². The van der Waals surface area contributed by atoms with Gasteiger partial charge in [0.15, 0.2) is 5.17 Å². The van der Waals surface area contributed by atoms with Crippen molar-refractivity contribution in [3.05, 3.63) is 45.6 Å². The van der Waals surface area contributed by atoms with Gasteiger partial charge >= 0.3 is 6.09 Å². The Morgan fingerprint density at radius 2 is 2.08 bits per heavy atom. The van der Waals surface area contributed by atoms with Crippen molar-refractivity contribution in [1.29, 1.82) is 0 Å². The number of allylic oxidation sites excluding steroid dienone is 1. The van der Waals surface area contributed by atoms with Gasteiger partial charge in [-0.05, 0) is 70.4 Å². The molecule has 1 heterocycles. The van der Waals surface area contributed by atoms with E-state index in [2.05, 4.69) is 5.32 Å². The molecule has 1 aromatic rings. The maximum atomic E-state index is 14.7. The number of rotatable bonds is 1. The monoisotopic (exact) mass is 376 g/mol. The highest BCUT2D eigenvalue weighted by Crippen LogP contribution is 2.50. The number of amides is 1. The summed E-state index contributed by atoms with van der Waals surface area (Å²) in [4.78, 5) is 18.1. The number of hydrogen-bond acceptors (Lipinski definition) is 4. The standard InChI is InChI=1S/C20H25FN2O2S/c1-12-9-10-15(21)14(11-12)20(5)13-7-6-8-16(13)26-17(23-20)22-18(24)25-19(2,3)4/h9-11H,6-8H2,1-5H3,(H,22,23,24). The fourth-order valence-electron chi connectivity index (χ4n) is 3.43. The molecule has 1 aromatic carbocycles. The molecule has 0 spiro atoms. The van der Waals surface area contributed by atoms with Crippen molar-refractivity contribution in [3.8, 4) is 0 Å². The van der Waals surface area contributed by atoms with Gasteiger partial charge in [-0.1, -0.05) is 29.5 Å². The smallest absolute Gasteiger partial charge is 0.413 e. The van der Waals surface area contributed by atoms with Crippen LogP contribution in [0.4, 0.5) is 9.18 Å². The van der Waals surface area contributed by atoms with Crippen LogP contribution < -0.4 is 5.32 Å². The predicted octanol–water partition coefficient (Wildman–Crippen LogP) is 5.41. The zero-order chi connectivity index (χ0) is 19.1. The molecule has 0 saturated heterocycles. The van der Waals surface area contributed by atoms with E-state index in [1.54, 1.807) is 6.07 Å². The van der Waals surface area contributed by atoms with Crippen LogP contribution in [0.1, 0.15) is 58.1 Å². The summed E-state index contributed by atoms with van der Waals surface area (Å²) in [5.74, 6) is -0.274. The largest absolute Gasteiger partial charge is 0.444 e. The molecular formula is C20H25FN2O2S. The highest BCUT2D eigenvalue weighted by Gasteiger charge is 2.41. The molecule has 0 aromatic heterocycles. The molecule has 1 aliphatic heterocycles. The molecule has 2 aliphatic rings. The predicted molar refractivity (Wildman–Crippen MR) is 104 cm³/mol. The summed E-state index contributed by atoms with van der Waals surface area (Å²) in [7, 11) is 0. The van der Waals surface area contributed by atoms with Crippen LogP contribution in [0.2, 0.25) is 0 Å². The second kappa shape index (κ2) is 6.72.